The molecule has 5 nitrogen and oxygen atoms in total. The number of carbonyl (C=O) groups excluding carboxylic acids is 1. The minimum Gasteiger partial charge on any atom is -0.382 e. The third-order valence-electron chi connectivity index (χ3n) is 3.54. The van der Waals surface area contributed by atoms with Crippen molar-refractivity contribution in [2.24, 2.45) is 0 Å². The van der Waals surface area contributed by atoms with E-state index < -0.39 is 0 Å². The van der Waals surface area contributed by atoms with Crippen LogP contribution >= 0.6 is 11.5 Å². The molecule has 0 bridgehead atoms. The van der Waals surface area contributed by atoms with Gasteiger partial charge in [0.1, 0.15) is 10.6 Å². The number of hydrogen-bond acceptors (Lipinski definition) is 5. The van der Waals surface area contributed by atoms with E-state index in [1.54, 1.807) is 0 Å². The van der Waals surface area contributed by atoms with Gasteiger partial charge in [0.25, 0.3) is 5.91 Å². The van der Waals surface area contributed by atoms with E-state index >= 15 is 0 Å². The molecule has 1 saturated carbocycles. The Balaban J connectivity index is 2.23. The number of carbonyl (C=O) groups is 1. The molecule has 1 aromatic heterocycles. The molecule has 0 radical (unpaired) electrons. The van der Waals surface area contributed by atoms with Crippen LogP contribution in [-0.4, -0.2) is 29.4 Å². The summed E-state index contributed by atoms with van der Waals surface area (Å²) in [5.74, 6) is 0.212. The van der Waals surface area contributed by atoms with Gasteiger partial charge >= 0.3 is 0 Å². The van der Waals surface area contributed by atoms with Crippen molar-refractivity contribution in [1.29, 1.82) is 0 Å². The van der Waals surface area contributed by atoms with Crippen LogP contribution in [0.3, 0.4) is 0 Å². The maximum absolute atomic E-state index is 12.2. The molecule has 106 valence electrons. The Labute approximate surface area is 118 Å². The molecule has 2 rings (SSSR count). The molecule has 0 spiro atoms. The van der Waals surface area contributed by atoms with Crippen LogP contribution in [0.2, 0.25) is 0 Å². The molecule has 6 heteroatoms. The lowest BCUT2D eigenvalue weighted by Crippen LogP contribution is -2.34. The van der Waals surface area contributed by atoms with Crippen molar-refractivity contribution in [3.8, 4) is 0 Å². The lowest BCUT2D eigenvalue weighted by molar-refractivity contribution is 0.0944. The molecule has 1 aliphatic rings. The first-order chi connectivity index (χ1) is 9.00. The minimum absolute atomic E-state index is 0.0939. The number of aromatic nitrogens is 1. The summed E-state index contributed by atoms with van der Waals surface area (Å²) in [5.41, 5.74) is 6.40. The zero-order valence-electron chi connectivity index (χ0n) is 11.8. The number of hydrogen-bond donors (Lipinski definition) is 2. The van der Waals surface area contributed by atoms with Crippen LogP contribution in [0.25, 0.3) is 0 Å². The smallest absolute Gasteiger partial charge is 0.258 e. The number of nitrogens with two attached hydrogens (primary N) is 1. The molecule has 1 aliphatic carbocycles. The van der Waals surface area contributed by atoms with Gasteiger partial charge in [-0.3, -0.25) is 4.79 Å². The fourth-order valence-corrected chi connectivity index (χ4v) is 3.38. The van der Waals surface area contributed by atoms with Gasteiger partial charge in [0.2, 0.25) is 0 Å². The predicted molar refractivity (Wildman–Crippen MR) is 79.8 cm³/mol. The molecule has 1 amide bonds. The normalized spacial score (nSPS) is 16.0. The Morgan fingerprint density at radius 1 is 1.47 bits per heavy atom. The van der Waals surface area contributed by atoms with Gasteiger partial charge in [-0.05, 0) is 38.2 Å². The highest BCUT2D eigenvalue weighted by atomic mass is 32.1. The molecule has 3 N–H and O–H groups in total. The second-order valence-corrected chi connectivity index (χ2v) is 6.18. The Bertz CT molecular complexity index is 451. The lowest BCUT2D eigenvalue weighted by atomic mass is 10.2. The standard InChI is InChI=1S/C13H22N4OS/c1-8(2)15-12(18)10-11(14)16-19-13(10)17(3)9-6-4-5-7-9/h8-9H,4-7H2,1-3H3,(H2,14,16)(H,15,18). The summed E-state index contributed by atoms with van der Waals surface area (Å²) in [7, 11) is 2.04. The van der Waals surface area contributed by atoms with Gasteiger partial charge in [0.15, 0.2) is 5.82 Å². The van der Waals surface area contributed by atoms with Crippen LogP contribution in [0.1, 0.15) is 49.9 Å². The SMILES string of the molecule is CC(C)NC(=O)c1c(N)nsc1N(C)C1CCCC1. The predicted octanol–water partition coefficient (Wildman–Crippen LogP) is 2.24. The van der Waals surface area contributed by atoms with Gasteiger partial charge in [-0.15, -0.1) is 0 Å². The van der Waals surface area contributed by atoms with Crippen LogP contribution in [0.4, 0.5) is 10.8 Å². The van der Waals surface area contributed by atoms with E-state index in [0.29, 0.717) is 17.4 Å². The molecule has 0 unspecified atom stereocenters. The molecule has 19 heavy (non-hydrogen) atoms. The molecule has 0 saturated heterocycles. The van der Waals surface area contributed by atoms with E-state index in [0.717, 1.165) is 5.00 Å². The average molecular weight is 282 g/mol. The van der Waals surface area contributed by atoms with Crippen molar-refractivity contribution < 1.29 is 4.79 Å². The quantitative estimate of drug-likeness (QED) is 0.888. The van der Waals surface area contributed by atoms with E-state index in [4.69, 9.17) is 5.73 Å². The third kappa shape index (κ3) is 3.00. The van der Waals surface area contributed by atoms with Crippen LogP contribution in [0.15, 0.2) is 0 Å². The number of anilines is 2. The summed E-state index contributed by atoms with van der Waals surface area (Å²) in [4.78, 5) is 14.4. The first-order valence-electron chi connectivity index (χ1n) is 6.79. The van der Waals surface area contributed by atoms with Crippen molar-refractivity contribution in [2.75, 3.05) is 17.7 Å². The number of nitrogen functional groups attached to an aromatic ring is 1. The average Bonchev–Trinajstić information content (AvgIpc) is 2.95. The van der Waals surface area contributed by atoms with E-state index in [1.807, 2.05) is 20.9 Å². The first kappa shape index (κ1) is 14.1. The molecule has 0 aromatic carbocycles. The molecule has 1 fully saturated rings. The topological polar surface area (TPSA) is 71.2 Å². The second-order valence-electron chi connectivity index (χ2n) is 5.43. The monoisotopic (exact) mass is 282 g/mol. The van der Waals surface area contributed by atoms with E-state index in [9.17, 15) is 4.79 Å². The highest BCUT2D eigenvalue weighted by Crippen LogP contribution is 2.34. The molecular weight excluding hydrogens is 260 g/mol. The van der Waals surface area contributed by atoms with Crippen LogP contribution < -0.4 is 16.0 Å². The van der Waals surface area contributed by atoms with Gasteiger partial charge in [0.05, 0.1) is 0 Å². The Kier molecular flexibility index (Phi) is 4.29. The van der Waals surface area contributed by atoms with Crippen molar-refractivity contribution in [3.63, 3.8) is 0 Å². The summed E-state index contributed by atoms with van der Waals surface area (Å²) >= 11 is 1.32. The molecule has 1 heterocycles. The van der Waals surface area contributed by atoms with Gasteiger partial charge in [-0.2, -0.15) is 4.37 Å². The minimum atomic E-state index is -0.124. The van der Waals surface area contributed by atoms with Crippen molar-refractivity contribution in [1.82, 2.24) is 9.69 Å². The second kappa shape index (κ2) is 5.77. The number of rotatable bonds is 4. The van der Waals surface area contributed by atoms with E-state index in [1.165, 1.54) is 37.2 Å². The Morgan fingerprint density at radius 2 is 2.11 bits per heavy atom. The largest absolute Gasteiger partial charge is 0.382 e. The summed E-state index contributed by atoms with van der Waals surface area (Å²) in [6.07, 6.45) is 4.88. The molecular formula is C13H22N4OS. The summed E-state index contributed by atoms with van der Waals surface area (Å²) in [6.45, 7) is 3.88. The number of amides is 1. The van der Waals surface area contributed by atoms with E-state index in [2.05, 4.69) is 14.6 Å². The molecule has 0 atom stereocenters. The summed E-state index contributed by atoms with van der Waals surface area (Å²) in [5, 5.41) is 3.78. The van der Waals surface area contributed by atoms with Crippen LogP contribution in [0, 0.1) is 0 Å². The zero-order valence-corrected chi connectivity index (χ0v) is 12.6. The fraction of sp³-hybridized carbons (Fsp3) is 0.692. The summed E-state index contributed by atoms with van der Waals surface area (Å²) < 4.78 is 4.15. The van der Waals surface area contributed by atoms with Crippen molar-refractivity contribution in [3.05, 3.63) is 5.56 Å². The van der Waals surface area contributed by atoms with Crippen LogP contribution in [-0.2, 0) is 0 Å². The fourth-order valence-electron chi connectivity index (χ4n) is 2.54. The van der Waals surface area contributed by atoms with Gasteiger partial charge in [-0.1, -0.05) is 12.8 Å². The third-order valence-corrected chi connectivity index (χ3v) is 4.49. The highest BCUT2D eigenvalue weighted by molar-refractivity contribution is 7.11. The summed E-state index contributed by atoms with van der Waals surface area (Å²) in [6, 6.07) is 0.599. The van der Waals surface area contributed by atoms with Gasteiger partial charge in [-0.25, -0.2) is 0 Å². The van der Waals surface area contributed by atoms with Crippen LogP contribution in [0.5, 0.6) is 0 Å². The lowest BCUT2D eigenvalue weighted by Gasteiger charge is -2.25. The Hall–Kier alpha value is -1.30. The molecule has 1 aromatic rings. The van der Waals surface area contributed by atoms with Gasteiger partial charge in [0, 0.05) is 19.1 Å². The molecule has 0 aliphatic heterocycles. The van der Waals surface area contributed by atoms with Gasteiger partial charge < -0.3 is 16.0 Å². The highest BCUT2D eigenvalue weighted by Gasteiger charge is 2.27. The van der Waals surface area contributed by atoms with Crippen molar-refractivity contribution >= 4 is 28.3 Å². The maximum atomic E-state index is 12.2. The first-order valence-corrected chi connectivity index (χ1v) is 7.57. The Morgan fingerprint density at radius 3 is 2.68 bits per heavy atom. The zero-order chi connectivity index (χ0) is 14.0. The number of nitrogens with one attached hydrogen (secondary N) is 1. The maximum Gasteiger partial charge on any atom is 0.258 e. The number of nitrogens with zero attached hydrogens (tertiary/aromatic N) is 2. The van der Waals surface area contributed by atoms with E-state index in [-0.39, 0.29) is 11.9 Å². The van der Waals surface area contributed by atoms with Crippen molar-refractivity contribution in [2.45, 2.75) is 51.6 Å².